The number of aromatic nitrogens is 2. The highest BCUT2D eigenvalue weighted by Gasteiger charge is 2.15. The van der Waals surface area contributed by atoms with Gasteiger partial charge in [-0.05, 0) is 19.1 Å². The van der Waals surface area contributed by atoms with E-state index in [4.69, 9.17) is 9.47 Å². The highest BCUT2D eigenvalue weighted by molar-refractivity contribution is 7.20. The van der Waals surface area contributed by atoms with Crippen molar-refractivity contribution < 1.29 is 14.3 Å². The summed E-state index contributed by atoms with van der Waals surface area (Å²) in [4.78, 5) is 22.1. The van der Waals surface area contributed by atoms with Crippen LogP contribution in [0, 0.1) is 0 Å². The fraction of sp³-hybridized carbons (Fsp3) is 0.211. The fourth-order valence-electron chi connectivity index (χ4n) is 2.89. The molecule has 27 heavy (non-hydrogen) atoms. The summed E-state index contributed by atoms with van der Waals surface area (Å²) in [7, 11) is 3.21. The van der Waals surface area contributed by atoms with Crippen LogP contribution in [0.5, 0.6) is 11.5 Å². The third-order valence-corrected chi connectivity index (χ3v) is 6.24. The molecule has 0 saturated carbocycles. The van der Waals surface area contributed by atoms with Crippen LogP contribution in [0.4, 0.5) is 0 Å². The molecule has 0 aliphatic carbocycles. The second-order valence-corrected chi connectivity index (χ2v) is 7.75. The van der Waals surface area contributed by atoms with Gasteiger partial charge >= 0.3 is 5.91 Å². The van der Waals surface area contributed by atoms with Crippen LogP contribution in [0.1, 0.15) is 16.7 Å². The van der Waals surface area contributed by atoms with Gasteiger partial charge < -0.3 is 14.0 Å². The number of para-hydroxylation sites is 1. The van der Waals surface area contributed by atoms with Crippen molar-refractivity contribution >= 4 is 49.0 Å². The minimum atomic E-state index is -0.330. The molecule has 4 aromatic rings. The summed E-state index contributed by atoms with van der Waals surface area (Å²) in [5.74, 6) is 0.969. The quantitative estimate of drug-likeness (QED) is 0.518. The van der Waals surface area contributed by atoms with Gasteiger partial charge in [0.25, 0.3) is 0 Å². The number of rotatable bonds is 4. The molecule has 4 rings (SSSR count). The lowest BCUT2D eigenvalue weighted by atomic mass is 10.3. The van der Waals surface area contributed by atoms with E-state index in [0.29, 0.717) is 27.9 Å². The minimum Gasteiger partial charge on any atom is -0.493 e. The molecule has 0 unspecified atom stereocenters. The number of amides is 1. The predicted molar refractivity (Wildman–Crippen MR) is 108 cm³/mol. The molecule has 0 radical (unpaired) electrons. The number of benzene rings is 2. The zero-order valence-corrected chi connectivity index (χ0v) is 16.7. The second-order valence-electron chi connectivity index (χ2n) is 5.71. The van der Waals surface area contributed by atoms with Gasteiger partial charge in [-0.2, -0.15) is 4.99 Å². The lowest BCUT2D eigenvalue weighted by molar-refractivity contribution is 0.0997. The summed E-state index contributed by atoms with van der Waals surface area (Å²) in [6.07, 6.45) is 0. The number of thiazole rings is 2. The van der Waals surface area contributed by atoms with E-state index >= 15 is 0 Å². The van der Waals surface area contributed by atoms with Crippen molar-refractivity contribution in [1.29, 1.82) is 0 Å². The average molecular weight is 399 g/mol. The Morgan fingerprint density at radius 2 is 1.85 bits per heavy atom. The van der Waals surface area contributed by atoms with Crippen molar-refractivity contribution in [2.24, 2.45) is 4.99 Å². The number of hydrogen-bond donors (Lipinski definition) is 0. The normalized spacial score (nSPS) is 12.0. The van der Waals surface area contributed by atoms with Crippen molar-refractivity contribution in [2.75, 3.05) is 14.2 Å². The van der Waals surface area contributed by atoms with Gasteiger partial charge in [-0.3, -0.25) is 4.79 Å². The molecule has 2 heterocycles. The van der Waals surface area contributed by atoms with Crippen LogP contribution < -0.4 is 14.3 Å². The topological polar surface area (TPSA) is 65.7 Å². The molecule has 0 bridgehead atoms. The Labute approximate surface area is 163 Å². The van der Waals surface area contributed by atoms with Crippen LogP contribution in [-0.2, 0) is 6.54 Å². The number of hydrogen-bond acceptors (Lipinski definition) is 6. The van der Waals surface area contributed by atoms with Crippen molar-refractivity contribution in [3.05, 3.63) is 46.2 Å². The van der Waals surface area contributed by atoms with E-state index in [2.05, 4.69) is 9.98 Å². The van der Waals surface area contributed by atoms with Crippen LogP contribution in [0.15, 0.2) is 41.4 Å². The summed E-state index contributed by atoms with van der Waals surface area (Å²) >= 11 is 2.80. The summed E-state index contributed by atoms with van der Waals surface area (Å²) in [5.41, 5.74) is 1.77. The number of nitrogens with zero attached hydrogens (tertiary/aromatic N) is 3. The molecular weight excluding hydrogens is 382 g/mol. The second kappa shape index (κ2) is 7.13. The number of fused-ring (bicyclic) bond motifs is 2. The smallest absolute Gasteiger partial charge is 0.308 e. The Balaban J connectivity index is 1.85. The Morgan fingerprint density at radius 1 is 1.11 bits per heavy atom. The maximum Gasteiger partial charge on any atom is 0.308 e. The van der Waals surface area contributed by atoms with Crippen molar-refractivity contribution in [3.8, 4) is 11.5 Å². The van der Waals surface area contributed by atoms with Gasteiger partial charge in [0.15, 0.2) is 21.3 Å². The predicted octanol–water partition coefficient (Wildman–Crippen LogP) is 4.09. The third kappa shape index (κ3) is 3.11. The molecule has 0 atom stereocenters. The molecule has 138 valence electrons. The van der Waals surface area contributed by atoms with Gasteiger partial charge in [0.05, 0.1) is 34.7 Å². The van der Waals surface area contributed by atoms with E-state index in [1.165, 1.54) is 22.7 Å². The molecule has 0 aliphatic heterocycles. The molecule has 6 nitrogen and oxygen atoms in total. The van der Waals surface area contributed by atoms with E-state index in [-0.39, 0.29) is 5.91 Å². The molecule has 2 aromatic heterocycles. The average Bonchev–Trinajstić information content (AvgIpc) is 3.27. The summed E-state index contributed by atoms with van der Waals surface area (Å²) < 4.78 is 14.7. The molecule has 2 aromatic carbocycles. The third-order valence-electron chi connectivity index (χ3n) is 4.18. The number of aryl methyl sites for hydroxylation is 1. The number of ether oxygens (including phenoxy) is 2. The lowest BCUT2D eigenvalue weighted by Crippen LogP contribution is -2.15. The largest absolute Gasteiger partial charge is 0.493 e. The van der Waals surface area contributed by atoms with Crippen LogP contribution in [0.25, 0.3) is 20.4 Å². The van der Waals surface area contributed by atoms with Crippen molar-refractivity contribution in [3.63, 3.8) is 0 Å². The molecule has 0 aliphatic rings. The Bertz CT molecular complexity index is 1190. The van der Waals surface area contributed by atoms with Crippen LogP contribution in [-0.4, -0.2) is 29.7 Å². The SMILES string of the molecule is CCn1c(=NC(=O)c2nc3ccccc3s2)sc2cc(OC)c(OC)cc21. The highest BCUT2D eigenvalue weighted by atomic mass is 32.1. The van der Waals surface area contributed by atoms with Crippen molar-refractivity contribution in [1.82, 2.24) is 9.55 Å². The Kier molecular flexibility index (Phi) is 4.67. The van der Waals surface area contributed by atoms with Crippen LogP contribution in [0.3, 0.4) is 0 Å². The van der Waals surface area contributed by atoms with Crippen LogP contribution >= 0.6 is 22.7 Å². The molecule has 0 spiro atoms. The zero-order chi connectivity index (χ0) is 19.0. The molecule has 0 saturated heterocycles. The van der Waals surface area contributed by atoms with E-state index < -0.39 is 0 Å². The summed E-state index contributed by atoms with van der Waals surface area (Å²) in [6.45, 7) is 2.70. The summed E-state index contributed by atoms with van der Waals surface area (Å²) in [6, 6.07) is 11.5. The van der Waals surface area contributed by atoms with Gasteiger partial charge in [-0.1, -0.05) is 23.5 Å². The Hall–Kier alpha value is -2.71. The van der Waals surface area contributed by atoms with Crippen LogP contribution in [0.2, 0.25) is 0 Å². The van der Waals surface area contributed by atoms with E-state index in [1.54, 1.807) is 14.2 Å². The molecular formula is C19H17N3O3S2. The number of methoxy groups -OCH3 is 2. The maximum absolute atomic E-state index is 12.7. The monoisotopic (exact) mass is 399 g/mol. The van der Waals surface area contributed by atoms with Gasteiger partial charge in [-0.25, -0.2) is 4.98 Å². The summed E-state index contributed by atoms with van der Waals surface area (Å²) in [5, 5.41) is 0.395. The molecule has 0 N–H and O–H groups in total. The minimum absolute atomic E-state index is 0.330. The van der Waals surface area contributed by atoms with Gasteiger partial charge in [0.1, 0.15) is 0 Å². The van der Waals surface area contributed by atoms with Crippen molar-refractivity contribution in [2.45, 2.75) is 13.5 Å². The van der Waals surface area contributed by atoms with E-state index in [0.717, 1.165) is 20.4 Å². The van der Waals surface area contributed by atoms with Gasteiger partial charge in [0, 0.05) is 18.7 Å². The first-order chi connectivity index (χ1) is 13.1. The Morgan fingerprint density at radius 3 is 2.56 bits per heavy atom. The highest BCUT2D eigenvalue weighted by Crippen LogP contribution is 2.33. The number of carbonyl (C=O) groups is 1. The maximum atomic E-state index is 12.7. The van der Waals surface area contributed by atoms with Gasteiger partial charge in [-0.15, -0.1) is 11.3 Å². The first-order valence-corrected chi connectivity index (χ1v) is 9.98. The lowest BCUT2D eigenvalue weighted by Gasteiger charge is -2.08. The first kappa shape index (κ1) is 17.7. The molecule has 0 fully saturated rings. The number of carbonyl (C=O) groups excluding carboxylic acids is 1. The zero-order valence-electron chi connectivity index (χ0n) is 15.1. The molecule has 8 heteroatoms. The standard InChI is InChI=1S/C19H17N3O3S2/c1-4-22-12-9-13(24-2)14(25-3)10-16(12)27-19(22)21-17(23)18-20-11-7-5-6-8-15(11)26-18/h5-10H,4H2,1-3H3. The fourth-order valence-corrected chi connectivity index (χ4v) is 4.84. The van der Waals surface area contributed by atoms with Gasteiger partial charge in [0.2, 0.25) is 0 Å². The first-order valence-electron chi connectivity index (χ1n) is 8.34. The molecule has 1 amide bonds. The van der Waals surface area contributed by atoms with E-state index in [1.807, 2.05) is 47.9 Å². The van der Waals surface area contributed by atoms with E-state index in [9.17, 15) is 4.79 Å².